The molecule has 6 nitrogen and oxygen atoms in total. The number of halogens is 1. The maximum atomic E-state index is 10.7. The summed E-state index contributed by atoms with van der Waals surface area (Å²) in [5.74, 6) is 0.683. The first-order valence-electron chi connectivity index (χ1n) is 7.54. The van der Waals surface area contributed by atoms with Crippen LogP contribution < -0.4 is 10.1 Å². The van der Waals surface area contributed by atoms with Gasteiger partial charge in [0.15, 0.2) is 0 Å². The highest BCUT2D eigenvalue weighted by atomic mass is 127. The average Bonchev–Trinajstić information content (AvgIpc) is 2.49. The van der Waals surface area contributed by atoms with Crippen LogP contribution in [0.2, 0.25) is 0 Å². The van der Waals surface area contributed by atoms with Gasteiger partial charge in [-0.05, 0) is 48.0 Å². The molecule has 1 heterocycles. The van der Waals surface area contributed by atoms with Gasteiger partial charge in [0, 0.05) is 33.6 Å². The van der Waals surface area contributed by atoms with Gasteiger partial charge in [-0.15, -0.1) is 0 Å². The van der Waals surface area contributed by atoms with Crippen LogP contribution in [0.25, 0.3) is 0 Å². The van der Waals surface area contributed by atoms with Gasteiger partial charge >= 0.3 is 0 Å². The summed E-state index contributed by atoms with van der Waals surface area (Å²) in [5, 5.41) is 3.14. The van der Waals surface area contributed by atoms with E-state index in [0.717, 1.165) is 42.2 Å². The van der Waals surface area contributed by atoms with Crippen LogP contribution >= 0.6 is 22.6 Å². The topological polar surface area (TPSA) is 80.7 Å². The quantitative estimate of drug-likeness (QED) is 0.336. The lowest BCUT2D eigenvalue weighted by atomic mass is 10.1. The zero-order valence-electron chi connectivity index (χ0n) is 12.9. The molecule has 1 aromatic heterocycles. The Labute approximate surface area is 156 Å². The van der Waals surface area contributed by atoms with Gasteiger partial charge in [-0.2, -0.15) is 4.21 Å². The molecule has 1 aromatic rings. The predicted octanol–water partition coefficient (Wildman–Crippen LogP) is 2.76. The smallest absolute Gasteiger partial charge is 0.266 e. The molecule has 0 saturated carbocycles. The second-order valence-corrected chi connectivity index (χ2v) is 8.53. The van der Waals surface area contributed by atoms with E-state index in [-0.39, 0.29) is 6.61 Å². The first kappa shape index (κ1) is 21.0. The molecule has 0 amide bonds. The molecule has 0 saturated heterocycles. The summed E-state index contributed by atoms with van der Waals surface area (Å²) in [7, 11) is -3.48. The average molecular weight is 474 g/mol. The van der Waals surface area contributed by atoms with Crippen LogP contribution in [0, 0.1) is 3.57 Å². The molecule has 0 bridgehead atoms. The number of unbranched alkanes of at least 4 members (excludes halogenated alkanes) is 4. The van der Waals surface area contributed by atoms with Gasteiger partial charge < -0.3 is 10.1 Å². The SMILES string of the molecule is O=S(O)(=S)OCCNCCCCCCCOc1ccc(I)cn1. The van der Waals surface area contributed by atoms with Crippen molar-refractivity contribution >= 4 is 42.8 Å². The summed E-state index contributed by atoms with van der Waals surface area (Å²) in [6.45, 7) is 2.26. The van der Waals surface area contributed by atoms with Crippen molar-refractivity contribution in [2.24, 2.45) is 0 Å². The summed E-state index contributed by atoms with van der Waals surface area (Å²) >= 11 is 6.43. The van der Waals surface area contributed by atoms with Crippen LogP contribution in [-0.2, 0) is 24.4 Å². The molecule has 9 heteroatoms. The predicted molar refractivity (Wildman–Crippen MR) is 102 cm³/mol. The molecule has 0 aromatic carbocycles. The number of hydrogen-bond acceptors (Lipinski definition) is 6. The fourth-order valence-electron chi connectivity index (χ4n) is 1.85. The molecule has 0 spiro atoms. The van der Waals surface area contributed by atoms with Crippen molar-refractivity contribution < 1.29 is 17.7 Å². The molecule has 0 aliphatic carbocycles. The number of rotatable bonds is 13. The van der Waals surface area contributed by atoms with Crippen LogP contribution in [0.1, 0.15) is 32.1 Å². The Bertz CT molecular complexity index is 526. The van der Waals surface area contributed by atoms with Gasteiger partial charge in [0.25, 0.3) is 9.05 Å². The van der Waals surface area contributed by atoms with E-state index in [1.54, 1.807) is 6.20 Å². The van der Waals surface area contributed by atoms with Crippen molar-refractivity contribution in [1.29, 1.82) is 0 Å². The van der Waals surface area contributed by atoms with Crippen molar-refractivity contribution in [1.82, 2.24) is 10.3 Å². The lowest BCUT2D eigenvalue weighted by Gasteiger charge is -2.06. The minimum atomic E-state index is -3.48. The molecule has 0 radical (unpaired) electrons. The Morgan fingerprint density at radius 2 is 1.91 bits per heavy atom. The number of nitrogens with zero attached hydrogens (tertiary/aromatic N) is 1. The van der Waals surface area contributed by atoms with E-state index < -0.39 is 9.05 Å². The van der Waals surface area contributed by atoms with Crippen LogP contribution in [0.3, 0.4) is 0 Å². The van der Waals surface area contributed by atoms with E-state index in [1.807, 2.05) is 12.1 Å². The Morgan fingerprint density at radius 1 is 1.17 bits per heavy atom. The van der Waals surface area contributed by atoms with Gasteiger partial charge in [-0.1, -0.05) is 19.3 Å². The molecular weight excluding hydrogens is 451 g/mol. The van der Waals surface area contributed by atoms with Gasteiger partial charge in [0.05, 0.1) is 13.2 Å². The zero-order valence-corrected chi connectivity index (χ0v) is 16.7. The Morgan fingerprint density at radius 3 is 2.61 bits per heavy atom. The lowest BCUT2D eigenvalue weighted by molar-refractivity contribution is 0.292. The van der Waals surface area contributed by atoms with Crippen LogP contribution in [0.15, 0.2) is 18.3 Å². The fourth-order valence-corrected chi connectivity index (χ4v) is 2.67. The molecule has 1 atom stereocenters. The largest absolute Gasteiger partial charge is 0.478 e. The summed E-state index contributed by atoms with van der Waals surface area (Å²) < 4.78 is 30.6. The third kappa shape index (κ3) is 13.0. The number of nitrogens with one attached hydrogen (secondary N) is 1. The highest BCUT2D eigenvalue weighted by Gasteiger charge is 1.98. The first-order chi connectivity index (χ1) is 11.0. The maximum absolute atomic E-state index is 10.7. The van der Waals surface area contributed by atoms with Crippen molar-refractivity contribution in [3.63, 3.8) is 0 Å². The fraction of sp³-hybridized carbons (Fsp3) is 0.643. The highest BCUT2D eigenvalue weighted by Crippen LogP contribution is 2.10. The van der Waals surface area contributed by atoms with E-state index in [2.05, 4.69) is 48.3 Å². The Kier molecular flexibility index (Phi) is 11.2. The lowest BCUT2D eigenvalue weighted by Crippen LogP contribution is -2.22. The first-order valence-corrected chi connectivity index (χ1v) is 11.0. The Hall–Kier alpha value is -0.0700. The maximum Gasteiger partial charge on any atom is 0.266 e. The van der Waals surface area contributed by atoms with Gasteiger partial charge in [0.1, 0.15) is 0 Å². The molecule has 2 N–H and O–H groups in total. The van der Waals surface area contributed by atoms with E-state index in [1.165, 1.54) is 0 Å². The molecule has 0 fully saturated rings. The van der Waals surface area contributed by atoms with Crippen molar-refractivity contribution in [2.45, 2.75) is 32.1 Å². The van der Waals surface area contributed by atoms with E-state index in [4.69, 9.17) is 9.29 Å². The monoisotopic (exact) mass is 474 g/mol. The van der Waals surface area contributed by atoms with Crippen LogP contribution in [0.4, 0.5) is 0 Å². The van der Waals surface area contributed by atoms with Gasteiger partial charge in [-0.3, -0.25) is 8.74 Å². The number of hydrogen-bond donors (Lipinski definition) is 2. The summed E-state index contributed by atoms with van der Waals surface area (Å²) in [6.07, 6.45) is 7.34. The second kappa shape index (κ2) is 12.3. The third-order valence-corrected chi connectivity index (χ3v) is 4.35. The standard InChI is InChI=1S/C14H23IN2O4S2/c15-13-6-7-14(17-12-13)20-10-5-3-1-2-4-8-16-9-11-21-23(18,19)22/h6-7,12,16H,1-5,8-11H2,(H,18,19,22). The molecule has 132 valence electrons. The van der Waals surface area contributed by atoms with E-state index in [9.17, 15) is 4.21 Å². The van der Waals surface area contributed by atoms with Crippen molar-refractivity contribution in [3.8, 4) is 5.88 Å². The summed E-state index contributed by atoms with van der Waals surface area (Å²) in [4.78, 5) is 4.19. The highest BCUT2D eigenvalue weighted by molar-refractivity contribution is 14.1. The van der Waals surface area contributed by atoms with Crippen LogP contribution in [-0.4, -0.2) is 40.0 Å². The van der Waals surface area contributed by atoms with E-state index >= 15 is 0 Å². The van der Waals surface area contributed by atoms with Gasteiger partial charge in [0.2, 0.25) is 5.88 Å². The number of pyridine rings is 1. The molecule has 1 rings (SSSR count). The summed E-state index contributed by atoms with van der Waals surface area (Å²) in [6, 6.07) is 3.87. The van der Waals surface area contributed by atoms with Crippen molar-refractivity contribution in [3.05, 3.63) is 21.9 Å². The normalized spacial score (nSPS) is 13.7. The summed E-state index contributed by atoms with van der Waals surface area (Å²) in [5.41, 5.74) is 0. The van der Waals surface area contributed by atoms with E-state index in [0.29, 0.717) is 19.0 Å². The zero-order chi connectivity index (χ0) is 17.0. The molecule has 0 aliphatic rings. The number of ether oxygens (including phenoxy) is 1. The van der Waals surface area contributed by atoms with Crippen LogP contribution in [0.5, 0.6) is 5.88 Å². The molecule has 0 aliphatic heterocycles. The molecule has 1 unspecified atom stereocenters. The second-order valence-electron chi connectivity index (χ2n) is 4.93. The minimum absolute atomic E-state index is 0.156. The van der Waals surface area contributed by atoms with Gasteiger partial charge in [-0.25, -0.2) is 4.98 Å². The minimum Gasteiger partial charge on any atom is -0.478 e. The Balaban J connectivity index is 1.84. The van der Waals surface area contributed by atoms with Crippen molar-refractivity contribution in [2.75, 3.05) is 26.3 Å². The molecule has 23 heavy (non-hydrogen) atoms. The third-order valence-electron chi connectivity index (χ3n) is 2.96. The molecular formula is C14H23IN2O4S2. The number of aromatic nitrogens is 1.